The van der Waals surface area contributed by atoms with Gasteiger partial charge in [-0.05, 0) is 74.8 Å². The van der Waals surface area contributed by atoms with Crippen molar-refractivity contribution in [2.75, 3.05) is 0 Å². The highest BCUT2D eigenvalue weighted by molar-refractivity contribution is 5.96. The summed E-state index contributed by atoms with van der Waals surface area (Å²) in [5.74, 6) is 0. The fourth-order valence-corrected chi connectivity index (χ4v) is 5.64. The summed E-state index contributed by atoms with van der Waals surface area (Å²) in [6.07, 6.45) is 3.75. The number of hydrogen-bond acceptors (Lipinski definition) is 2. The quantitative estimate of drug-likeness (QED) is 0.211. The van der Waals surface area contributed by atoms with Crippen molar-refractivity contribution in [3.8, 4) is 67.0 Å². The average Bonchev–Trinajstić information content (AvgIpc) is 3.09. The Morgan fingerprint density at radius 2 is 0.738 bits per heavy atom. The van der Waals surface area contributed by atoms with E-state index in [9.17, 15) is 0 Å². The van der Waals surface area contributed by atoms with Crippen LogP contribution in [-0.4, -0.2) is 9.97 Å². The van der Waals surface area contributed by atoms with Crippen molar-refractivity contribution >= 4 is 0 Å². The molecule has 2 aromatic heterocycles. The van der Waals surface area contributed by atoms with Crippen molar-refractivity contribution in [3.05, 3.63) is 170 Å². The Morgan fingerprint density at radius 1 is 0.262 bits per heavy atom. The van der Waals surface area contributed by atoms with Crippen LogP contribution in [0.3, 0.4) is 0 Å². The highest BCUT2D eigenvalue weighted by Gasteiger charge is 2.16. The van der Waals surface area contributed by atoms with Crippen LogP contribution in [0.15, 0.2) is 170 Å². The van der Waals surface area contributed by atoms with E-state index < -0.39 is 0 Å². The van der Waals surface area contributed by atoms with Gasteiger partial charge in [0.15, 0.2) is 0 Å². The molecule has 2 nitrogen and oxygen atoms in total. The van der Waals surface area contributed by atoms with Crippen LogP contribution in [0.2, 0.25) is 0 Å². The van der Waals surface area contributed by atoms with Crippen LogP contribution in [0.5, 0.6) is 0 Å². The van der Waals surface area contributed by atoms with E-state index in [2.05, 4.69) is 149 Å². The standard InChI is InChI=1S/C40H28N2/c1-2-13-29(14-3-1)40-28-31(24-26-42-40)34-18-5-7-20-36(34)38-22-9-8-21-37(38)35-19-6-4-17-33(35)30-15-12-16-32(27-30)39-23-10-11-25-41-39/h1-28H. The maximum atomic E-state index is 4.67. The predicted molar refractivity (Wildman–Crippen MR) is 175 cm³/mol. The maximum Gasteiger partial charge on any atom is 0.0708 e. The van der Waals surface area contributed by atoms with E-state index in [0.717, 1.165) is 28.1 Å². The molecular weight excluding hydrogens is 508 g/mol. The molecule has 5 aromatic carbocycles. The van der Waals surface area contributed by atoms with Gasteiger partial charge in [0.05, 0.1) is 11.4 Å². The van der Waals surface area contributed by atoms with Crippen LogP contribution in [0.1, 0.15) is 0 Å². The number of aromatic nitrogens is 2. The van der Waals surface area contributed by atoms with E-state index in [-0.39, 0.29) is 0 Å². The van der Waals surface area contributed by atoms with Gasteiger partial charge >= 0.3 is 0 Å². The van der Waals surface area contributed by atoms with Gasteiger partial charge in [-0.15, -0.1) is 0 Å². The molecule has 2 heterocycles. The lowest BCUT2D eigenvalue weighted by molar-refractivity contribution is 1.33. The highest BCUT2D eigenvalue weighted by Crippen LogP contribution is 2.42. The largest absolute Gasteiger partial charge is 0.256 e. The second-order valence-electron chi connectivity index (χ2n) is 10.2. The summed E-state index contributed by atoms with van der Waals surface area (Å²) in [5, 5.41) is 0. The van der Waals surface area contributed by atoms with Gasteiger partial charge < -0.3 is 0 Å². The molecule has 0 fully saturated rings. The summed E-state index contributed by atoms with van der Waals surface area (Å²) in [5.41, 5.74) is 13.6. The molecule has 42 heavy (non-hydrogen) atoms. The summed E-state index contributed by atoms with van der Waals surface area (Å²) in [6.45, 7) is 0. The first-order chi connectivity index (χ1) is 20.8. The molecule has 198 valence electrons. The van der Waals surface area contributed by atoms with Crippen molar-refractivity contribution in [2.24, 2.45) is 0 Å². The molecule has 2 heteroatoms. The molecule has 0 amide bonds. The molecule has 0 radical (unpaired) electrons. The first kappa shape index (κ1) is 25.4. The number of hydrogen-bond donors (Lipinski definition) is 0. The number of benzene rings is 5. The van der Waals surface area contributed by atoms with Crippen molar-refractivity contribution in [1.29, 1.82) is 0 Å². The third-order valence-corrected chi connectivity index (χ3v) is 7.64. The summed E-state index contributed by atoms with van der Waals surface area (Å²) in [4.78, 5) is 9.25. The fourth-order valence-electron chi connectivity index (χ4n) is 5.64. The Kier molecular flexibility index (Phi) is 6.94. The van der Waals surface area contributed by atoms with Gasteiger partial charge in [-0.25, -0.2) is 0 Å². The Labute approximate surface area is 246 Å². The van der Waals surface area contributed by atoms with Crippen molar-refractivity contribution in [1.82, 2.24) is 9.97 Å². The summed E-state index contributed by atoms with van der Waals surface area (Å²) in [6, 6.07) is 55.4. The first-order valence-electron chi connectivity index (χ1n) is 14.2. The van der Waals surface area contributed by atoms with E-state index in [1.54, 1.807) is 0 Å². The van der Waals surface area contributed by atoms with E-state index in [0.29, 0.717) is 0 Å². The monoisotopic (exact) mass is 536 g/mol. The zero-order valence-corrected chi connectivity index (χ0v) is 23.1. The van der Waals surface area contributed by atoms with Gasteiger partial charge in [0.25, 0.3) is 0 Å². The van der Waals surface area contributed by atoms with Crippen LogP contribution in [-0.2, 0) is 0 Å². The van der Waals surface area contributed by atoms with Gasteiger partial charge in [0.2, 0.25) is 0 Å². The van der Waals surface area contributed by atoms with E-state index in [4.69, 9.17) is 0 Å². The minimum Gasteiger partial charge on any atom is -0.256 e. The lowest BCUT2D eigenvalue weighted by atomic mass is 9.86. The molecular formula is C40H28N2. The number of pyridine rings is 2. The molecule has 0 saturated heterocycles. The zero-order valence-electron chi connectivity index (χ0n) is 23.1. The maximum absolute atomic E-state index is 4.67. The third-order valence-electron chi connectivity index (χ3n) is 7.64. The summed E-state index contributed by atoms with van der Waals surface area (Å²) >= 11 is 0. The zero-order chi connectivity index (χ0) is 28.1. The Morgan fingerprint density at radius 3 is 1.36 bits per heavy atom. The van der Waals surface area contributed by atoms with Crippen LogP contribution in [0.25, 0.3) is 67.0 Å². The molecule has 0 aliphatic heterocycles. The molecule has 0 saturated carbocycles. The molecule has 0 aliphatic rings. The number of nitrogens with zero attached hydrogens (tertiary/aromatic N) is 2. The smallest absolute Gasteiger partial charge is 0.0708 e. The molecule has 0 atom stereocenters. The summed E-state index contributed by atoms with van der Waals surface area (Å²) in [7, 11) is 0. The topological polar surface area (TPSA) is 25.8 Å². The minimum atomic E-state index is 0.967. The molecule has 7 rings (SSSR count). The van der Waals surface area contributed by atoms with Gasteiger partial charge in [0.1, 0.15) is 0 Å². The molecule has 0 unspecified atom stereocenters. The minimum absolute atomic E-state index is 0.967. The van der Waals surface area contributed by atoms with E-state index in [1.165, 1.54) is 38.9 Å². The second kappa shape index (κ2) is 11.5. The molecule has 7 aromatic rings. The molecule has 0 bridgehead atoms. The van der Waals surface area contributed by atoms with Gasteiger partial charge in [-0.3, -0.25) is 9.97 Å². The van der Waals surface area contributed by atoms with E-state index in [1.807, 2.05) is 30.6 Å². The van der Waals surface area contributed by atoms with Crippen molar-refractivity contribution in [2.45, 2.75) is 0 Å². The second-order valence-corrected chi connectivity index (χ2v) is 10.2. The summed E-state index contributed by atoms with van der Waals surface area (Å²) < 4.78 is 0. The highest BCUT2D eigenvalue weighted by atomic mass is 14.7. The van der Waals surface area contributed by atoms with Gasteiger partial charge in [-0.2, -0.15) is 0 Å². The predicted octanol–water partition coefficient (Wildman–Crippen LogP) is 10.5. The number of rotatable bonds is 6. The molecule has 0 spiro atoms. The van der Waals surface area contributed by atoms with Gasteiger partial charge in [-0.1, -0.05) is 127 Å². The van der Waals surface area contributed by atoms with Crippen LogP contribution in [0.4, 0.5) is 0 Å². The van der Waals surface area contributed by atoms with E-state index >= 15 is 0 Å². The van der Waals surface area contributed by atoms with Crippen LogP contribution in [0, 0.1) is 0 Å². The first-order valence-corrected chi connectivity index (χ1v) is 14.2. The average molecular weight is 537 g/mol. The SMILES string of the molecule is c1ccc(-c2cc(-c3ccccc3-c3ccccc3-c3ccccc3-c3cccc(-c4ccccn4)c3)ccn2)cc1. The lowest BCUT2D eigenvalue weighted by Gasteiger charge is -2.17. The lowest BCUT2D eigenvalue weighted by Crippen LogP contribution is -1.92. The fraction of sp³-hybridized carbons (Fsp3) is 0. The Bertz CT molecular complexity index is 1830. The van der Waals surface area contributed by atoms with Crippen molar-refractivity contribution in [3.63, 3.8) is 0 Å². The van der Waals surface area contributed by atoms with Crippen LogP contribution >= 0.6 is 0 Å². The van der Waals surface area contributed by atoms with Gasteiger partial charge in [0, 0.05) is 23.5 Å². The third kappa shape index (κ3) is 5.02. The molecule has 0 aliphatic carbocycles. The Balaban J connectivity index is 1.35. The normalized spacial score (nSPS) is 10.9. The van der Waals surface area contributed by atoms with Crippen LogP contribution < -0.4 is 0 Å². The van der Waals surface area contributed by atoms with Crippen molar-refractivity contribution < 1.29 is 0 Å². The molecule has 0 N–H and O–H groups in total. The Hall–Kier alpha value is -5.60.